The number of ether oxygens (including phenoxy) is 2. The van der Waals surface area contributed by atoms with Gasteiger partial charge in [0.25, 0.3) is 0 Å². The maximum absolute atomic E-state index is 13.4. The molecule has 0 bridgehead atoms. The maximum Gasteiger partial charge on any atom is 0.242 e. The van der Waals surface area contributed by atoms with Gasteiger partial charge in [0.15, 0.2) is 11.5 Å². The van der Waals surface area contributed by atoms with Gasteiger partial charge < -0.3 is 24.6 Å². The number of hydrogen-bond donors (Lipinski definition) is 4. The zero-order valence-corrected chi connectivity index (χ0v) is 20.6. The van der Waals surface area contributed by atoms with E-state index in [-0.39, 0.29) is 36.3 Å². The average Bonchev–Trinajstić information content (AvgIpc) is 3.40. The number of amides is 1. The number of rotatable bonds is 12. The summed E-state index contributed by atoms with van der Waals surface area (Å²) in [6, 6.07) is 12.2. The number of nitrogens with zero attached hydrogens (tertiary/aromatic N) is 1. The van der Waals surface area contributed by atoms with E-state index in [0.717, 1.165) is 30.4 Å². The molecule has 2 aliphatic heterocycles. The monoisotopic (exact) mass is 483 g/mol. The highest BCUT2D eigenvalue weighted by Crippen LogP contribution is 2.49. The van der Waals surface area contributed by atoms with Gasteiger partial charge in [-0.25, -0.2) is 10.9 Å². The third-order valence-electron chi connectivity index (χ3n) is 6.86. The molecule has 8 heteroatoms. The zero-order valence-electron chi connectivity index (χ0n) is 20.6. The Bertz CT molecular complexity index is 1000. The predicted octanol–water partition coefficient (Wildman–Crippen LogP) is 3.46. The summed E-state index contributed by atoms with van der Waals surface area (Å²) in [6.45, 7) is 5.69. The Balaban J connectivity index is 1.70. The number of phenolic OH excluding ortho intramolecular Hbond substituents is 1. The number of hydrazine groups is 1. The van der Waals surface area contributed by atoms with Crippen LogP contribution in [-0.2, 0) is 4.79 Å². The van der Waals surface area contributed by atoms with Crippen LogP contribution in [0.25, 0.3) is 0 Å². The minimum Gasteiger partial charge on any atom is -0.508 e. The number of aromatic hydroxyl groups is 1. The molecule has 190 valence electrons. The lowest BCUT2D eigenvalue weighted by molar-refractivity contribution is -0.130. The Morgan fingerprint density at radius 1 is 0.971 bits per heavy atom. The van der Waals surface area contributed by atoms with Crippen LogP contribution in [0.1, 0.15) is 62.7 Å². The quantitative estimate of drug-likeness (QED) is 0.343. The summed E-state index contributed by atoms with van der Waals surface area (Å²) in [6.07, 6.45) is 3.72. The average molecular weight is 484 g/mol. The van der Waals surface area contributed by atoms with E-state index >= 15 is 0 Å². The van der Waals surface area contributed by atoms with Crippen LogP contribution in [0.5, 0.6) is 17.2 Å². The zero-order chi connectivity index (χ0) is 24.8. The number of para-hydroxylation sites is 1. The molecule has 35 heavy (non-hydrogen) atoms. The number of fused-ring (bicyclic) bond motifs is 1. The summed E-state index contributed by atoms with van der Waals surface area (Å²) in [7, 11) is 0. The Labute approximate surface area is 207 Å². The van der Waals surface area contributed by atoms with Crippen molar-refractivity contribution in [1.29, 1.82) is 0 Å². The maximum atomic E-state index is 13.4. The minimum absolute atomic E-state index is 0.00907. The van der Waals surface area contributed by atoms with Crippen LogP contribution >= 0.6 is 0 Å². The highest BCUT2D eigenvalue weighted by atomic mass is 16.5. The number of nitrogens with one attached hydrogen (secondary N) is 2. The molecule has 2 heterocycles. The van der Waals surface area contributed by atoms with Crippen LogP contribution < -0.4 is 20.3 Å². The lowest BCUT2D eigenvalue weighted by atomic mass is 9.83. The molecule has 0 spiro atoms. The number of unbranched alkanes of at least 4 members (excludes halogenated alkanes) is 2. The molecule has 0 aliphatic carbocycles. The summed E-state index contributed by atoms with van der Waals surface area (Å²) >= 11 is 0. The standard InChI is InChI=1S/C27H37N3O5/c1-3-5-8-16-35-21-13-12-18(17-22(21)34-4-2)26-23-24(19-10-6-7-11-20(19)32)28-29-25(23)27(33)30(26)14-9-15-31/h6-7,10-13,17,23-26,28-29,31-32H,3-5,8-9,14-16H2,1-2H3. The number of benzene rings is 2. The summed E-state index contributed by atoms with van der Waals surface area (Å²) in [5.74, 6) is 1.38. The molecule has 2 aliphatic rings. The van der Waals surface area contributed by atoms with Gasteiger partial charge in [-0.1, -0.05) is 44.0 Å². The first kappa shape index (κ1) is 25.3. The Morgan fingerprint density at radius 2 is 1.77 bits per heavy atom. The molecule has 0 radical (unpaired) electrons. The highest BCUT2D eigenvalue weighted by molar-refractivity contribution is 5.86. The van der Waals surface area contributed by atoms with Gasteiger partial charge in [0.1, 0.15) is 11.8 Å². The van der Waals surface area contributed by atoms with Gasteiger partial charge in [-0.05, 0) is 43.5 Å². The molecule has 4 N–H and O–H groups in total. The van der Waals surface area contributed by atoms with Crippen LogP contribution in [0.2, 0.25) is 0 Å². The second kappa shape index (κ2) is 11.7. The van der Waals surface area contributed by atoms with Crippen molar-refractivity contribution in [2.24, 2.45) is 5.92 Å². The summed E-state index contributed by atoms with van der Waals surface area (Å²) in [4.78, 5) is 15.3. The van der Waals surface area contributed by atoms with Crippen molar-refractivity contribution in [3.05, 3.63) is 53.6 Å². The third kappa shape index (κ3) is 5.24. The fraction of sp³-hybridized carbons (Fsp3) is 0.519. The lowest BCUT2D eigenvalue weighted by Gasteiger charge is -2.31. The van der Waals surface area contributed by atoms with E-state index in [0.29, 0.717) is 37.7 Å². The molecule has 2 aromatic rings. The van der Waals surface area contributed by atoms with Crippen LogP contribution in [0, 0.1) is 5.92 Å². The summed E-state index contributed by atoms with van der Waals surface area (Å²) in [5.41, 5.74) is 8.11. The van der Waals surface area contributed by atoms with Gasteiger partial charge in [-0.15, -0.1) is 0 Å². The summed E-state index contributed by atoms with van der Waals surface area (Å²) < 4.78 is 12.0. The van der Waals surface area contributed by atoms with Crippen LogP contribution in [0.15, 0.2) is 42.5 Å². The van der Waals surface area contributed by atoms with Gasteiger partial charge >= 0.3 is 0 Å². The molecule has 0 saturated carbocycles. The first-order valence-corrected chi connectivity index (χ1v) is 12.7. The number of aliphatic hydroxyl groups excluding tert-OH is 1. The molecule has 0 aromatic heterocycles. The van der Waals surface area contributed by atoms with Crippen molar-refractivity contribution in [3.63, 3.8) is 0 Å². The van der Waals surface area contributed by atoms with Crippen molar-refractivity contribution in [2.75, 3.05) is 26.4 Å². The van der Waals surface area contributed by atoms with E-state index in [1.54, 1.807) is 12.1 Å². The number of carbonyl (C=O) groups is 1. The number of hydrogen-bond acceptors (Lipinski definition) is 7. The van der Waals surface area contributed by atoms with E-state index in [9.17, 15) is 15.0 Å². The molecule has 2 saturated heterocycles. The normalized spacial score (nSPS) is 23.5. The fourth-order valence-corrected chi connectivity index (χ4v) is 5.24. The predicted molar refractivity (Wildman–Crippen MR) is 133 cm³/mol. The van der Waals surface area contributed by atoms with Gasteiger partial charge in [-0.2, -0.15) is 0 Å². The Kier molecular flexibility index (Phi) is 8.49. The molecular weight excluding hydrogens is 446 g/mol. The van der Waals surface area contributed by atoms with Crippen molar-refractivity contribution in [2.45, 2.75) is 57.7 Å². The van der Waals surface area contributed by atoms with Crippen LogP contribution in [-0.4, -0.2) is 53.4 Å². The van der Waals surface area contributed by atoms with Crippen molar-refractivity contribution in [3.8, 4) is 17.2 Å². The SMILES string of the molecule is CCCCCOc1ccc(C2C3C(NNC3c3ccccc3O)C(=O)N2CCCO)cc1OCC. The lowest BCUT2D eigenvalue weighted by Crippen LogP contribution is -2.41. The smallest absolute Gasteiger partial charge is 0.242 e. The second-order valence-electron chi connectivity index (χ2n) is 9.13. The third-order valence-corrected chi connectivity index (χ3v) is 6.86. The van der Waals surface area contributed by atoms with Crippen molar-refractivity contribution >= 4 is 5.91 Å². The molecule has 4 unspecified atom stereocenters. The molecule has 4 atom stereocenters. The second-order valence-corrected chi connectivity index (χ2v) is 9.13. The number of aliphatic hydroxyl groups is 1. The van der Waals surface area contributed by atoms with E-state index in [1.165, 1.54) is 0 Å². The number of phenols is 1. The van der Waals surface area contributed by atoms with E-state index in [2.05, 4.69) is 17.8 Å². The molecule has 1 amide bonds. The largest absolute Gasteiger partial charge is 0.508 e. The Hall–Kier alpha value is -2.81. The first-order valence-electron chi connectivity index (χ1n) is 12.7. The van der Waals surface area contributed by atoms with Gasteiger partial charge in [-0.3, -0.25) is 4.79 Å². The van der Waals surface area contributed by atoms with Crippen molar-refractivity contribution < 1.29 is 24.5 Å². The Morgan fingerprint density at radius 3 is 2.51 bits per heavy atom. The summed E-state index contributed by atoms with van der Waals surface area (Å²) in [5, 5.41) is 20.0. The number of carbonyl (C=O) groups excluding carboxylic acids is 1. The van der Waals surface area contributed by atoms with E-state index in [1.807, 2.05) is 42.2 Å². The first-order chi connectivity index (χ1) is 17.1. The van der Waals surface area contributed by atoms with E-state index < -0.39 is 6.04 Å². The molecular formula is C27H37N3O5. The fourth-order valence-electron chi connectivity index (χ4n) is 5.24. The van der Waals surface area contributed by atoms with Crippen LogP contribution in [0.3, 0.4) is 0 Å². The molecule has 4 rings (SSSR count). The minimum atomic E-state index is -0.441. The molecule has 8 nitrogen and oxygen atoms in total. The van der Waals surface area contributed by atoms with Gasteiger partial charge in [0.05, 0.1) is 25.3 Å². The topological polar surface area (TPSA) is 103 Å². The highest BCUT2D eigenvalue weighted by Gasteiger charge is 2.55. The number of likely N-dealkylation sites (tertiary alicyclic amines) is 1. The molecule has 2 aromatic carbocycles. The van der Waals surface area contributed by atoms with Crippen molar-refractivity contribution in [1.82, 2.24) is 15.8 Å². The van der Waals surface area contributed by atoms with Gasteiger partial charge in [0.2, 0.25) is 5.91 Å². The van der Waals surface area contributed by atoms with Crippen LogP contribution in [0.4, 0.5) is 0 Å². The van der Waals surface area contributed by atoms with E-state index in [4.69, 9.17) is 9.47 Å². The van der Waals surface area contributed by atoms with Gasteiger partial charge in [0, 0.05) is 24.6 Å². The molecule has 2 fully saturated rings.